The van der Waals surface area contributed by atoms with E-state index in [1.807, 2.05) is 12.1 Å². The molecule has 1 fully saturated rings. The van der Waals surface area contributed by atoms with Gasteiger partial charge in [0.2, 0.25) is 0 Å². The summed E-state index contributed by atoms with van der Waals surface area (Å²) in [6.07, 6.45) is 4.43. The van der Waals surface area contributed by atoms with Crippen molar-refractivity contribution >= 4 is 5.69 Å². The van der Waals surface area contributed by atoms with Gasteiger partial charge < -0.3 is 10.5 Å². The second-order valence-electron chi connectivity index (χ2n) is 3.90. The van der Waals surface area contributed by atoms with Crippen LogP contribution in [0, 0.1) is 0 Å². The van der Waals surface area contributed by atoms with Crippen molar-refractivity contribution < 1.29 is 4.74 Å². The minimum Gasteiger partial charge on any atom is -0.399 e. The average molecular weight is 191 g/mol. The van der Waals surface area contributed by atoms with E-state index in [9.17, 15) is 0 Å². The van der Waals surface area contributed by atoms with Gasteiger partial charge in [0.25, 0.3) is 0 Å². The number of nitrogen functional groups attached to an aromatic ring is 1. The van der Waals surface area contributed by atoms with E-state index in [1.54, 1.807) is 0 Å². The maximum Gasteiger partial charge on any atom is 0.0845 e. The molecule has 2 heteroatoms. The van der Waals surface area contributed by atoms with Crippen LogP contribution in [-0.4, -0.2) is 12.2 Å². The molecule has 1 saturated heterocycles. The zero-order valence-electron chi connectivity index (χ0n) is 8.57. The van der Waals surface area contributed by atoms with Crippen molar-refractivity contribution in [1.82, 2.24) is 0 Å². The Morgan fingerprint density at radius 2 is 1.93 bits per heavy atom. The van der Waals surface area contributed by atoms with Gasteiger partial charge in [-0.2, -0.15) is 0 Å². The summed E-state index contributed by atoms with van der Waals surface area (Å²) in [6, 6.07) is 8.11. The molecule has 1 aromatic carbocycles. The van der Waals surface area contributed by atoms with E-state index in [1.165, 1.54) is 5.56 Å². The molecule has 0 saturated carbocycles. The lowest BCUT2D eigenvalue weighted by Crippen LogP contribution is -1.95. The molecule has 2 rings (SSSR count). The number of aryl methyl sites for hydroxylation is 1. The normalized spacial score (nSPS) is 24.9. The first kappa shape index (κ1) is 9.53. The Labute approximate surface area is 85.1 Å². The number of rotatable bonds is 4. The first-order valence-corrected chi connectivity index (χ1v) is 5.29. The van der Waals surface area contributed by atoms with Crippen LogP contribution in [0.15, 0.2) is 24.3 Å². The van der Waals surface area contributed by atoms with E-state index < -0.39 is 0 Å². The fourth-order valence-corrected chi connectivity index (χ4v) is 1.79. The van der Waals surface area contributed by atoms with E-state index >= 15 is 0 Å². The number of nitrogens with two attached hydrogens (primary N) is 1. The van der Waals surface area contributed by atoms with Crippen LogP contribution >= 0.6 is 0 Å². The fourth-order valence-electron chi connectivity index (χ4n) is 1.79. The Bertz CT molecular complexity index is 294. The van der Waals surface area contributed by atoms with Crippen molar-refractivity contribution in [1.29, 1.82) is 0 Å². The van der Waals surface area contributed by atoms with Gasteiger partial charge in [-0.15, -0.1) is 0 Å². The molecule has 2 N–H and O–H groups in total. The Morgan fingerprint density at radius 3 is 2.50 bits per heavy atom. The molecule has 1 heterocycles. The smallest absolute Gasteiger partial charge is 0.0845 e. The van der Waals surface area contributed by atoms with Gasteiger partial charge in [-0.3, -0.25) is 0 Å². The van der Waals surface area contributed by atoms with Crippen LogP contribution in [0.3, 0.4) is 0 Å². The van der Waals surface area contributed by atoms with Gasteiger partial charge in [-0.25, -0.2) is 0 Å². The summed E-state index contributed by atoms with van der Waals surface area (Å²) in [4.78, 5) is 0. The molecule has 0 aliphatic carbocycles. The summed E-state index contributed by atoms with van der Waals surface area (Å²) in [5.41, 5.74) is 7.80. The van der Waals surface area contributed by atoms with E-state index in [0.29, 0.717) is 12.2 Å². The Kier molecular flexibility index (Phi) is 2.73. The highest BCUT2D eigenvalue weighted by molar-refractivity contribution is 5.39. The van der Waals surface area contributed by atoms with Crippen molar-refractivity contribution in [3.8, 4) is 0 Å². The summed E-state index contributed by atoms with van der Waals surface area (Å²) in [5, 5.41) is 0. The molecular weight excluding hydrogens is 174 g/mol. The van der Waals surface area contributed by atoms with E-state index in [4.69, 9.17) is 10.5 Å². The zero-order valence-corrected chi connectivity index (χ0v) is 8.57. The predicted octanol–water partition coefficient (Wildman–Crippen LogP) is 2.38. The SMILES string of the molecule is CCC1OC1CCc1ccc(N)cc1. The second-order valence-corrected chi connectivity index (χ2v) is 3.90. The second kappa shape index (κ2) is 4.01. The highest BCUT2D eigenvalue weighted by Gasteiger charge is 2.35. The number of benzene rings is 1. The van der Waals surface area contributed by atoms with Crippen molar-refractivity contribution in [2.75, 3.05) is 5.73 Å². The van der Waals surface area contributed by atoms with Gasteiger partial charge in [0.15, 0.2) is 0 Å². The number of hydrogen-bond acceptors (Lipinski definition) is 2. The molecule has 0 bridgehead atoms. The summed E-state index contributed by atoms with van der Waals surface area (Å²) < 4.78 is 5.49. The summed E-state index contributed by atoms with van der Waals surface area (Å²) in [6.45, 7) is 2.17. The molecule has 0 amide bonds. The molecule has 2 nitrogen and oxygen atoms in total. The van der Waals surface area contributed by atoms with Crippen LogP contribution in [0.5, 0.6) is 0 Å². The van der Waals surface area contributed by atoms with Gasteiger partial charge in [0, 0.05) is 5.69 Å². The van der Waals surface area contributed by atoms with Gasteiger partial charge in [0.1, 0.15) is 0 Å². The van der Waals surface area contributed by atoms with Crippen molar-refractivity contribution in [3.05, 3.63) is 29.8 Å². The van der Waals surface area contributed by atoms with Crippen molar-refractivity contribution in [2.24, 2.45) is 0 Å². The first-order valence-electron chi connectivity index (χ1n) is 5.29. The third-order valence-corrected chi connectivity index (χ3v) is 2.79. The van der Waals surface area contributed by atoms with Crippen molar-refractivity contribution in [2.45, 2.75) is 38.4 Å². The lowest BCUT2D eigenvalue weighted by Gasteiger charge is -1.99. The van der Waals surface area contributed by atoms with E-state index in [-0.39, 0.29) is 0 Å². The molecule has 0 aromatic heterocycles. The molecular formula is C12H17NO. The topological polar surface area (TPSA) is 38.5 Å². The molecule has 0 radical (unpaired) electrons. The minimum absolute atomic E-state index is 0.512. The third kappa shape index (κ3) is 2.26. The molecule has 2 atom stereocenters. The van der Waals surface area contributed by atoms with Crippen LogP contribution in [0.25, 0.3) is 0 Å². The van der Waals surface area contributed by atoms with Gasteiger partial charge in [-0.1, -0.05) is 19.1 Å². The standard InChI is InChI=1S/C12H17NO/c1-2-11-12(14-11)8-5-9-3-6-10(13)7-4-9/h3-4,6-7,11-12H,2,5,8,13H2,1H3. The van der Waals surface area contributed by atoms with E-state index in [2.05, 4.69) is 19.1 Å². The zero-order chi connectivity index (χ0) is 9.97. The number of anilines is 1. The summed E-state index contributed by atoms with van der Waals surface area (Å²) >= 11 is 0. The number of ether oxygens (including phenoxy) is 1. The third-order valence-electron chi connectivity index (χ3n) is 2.79. The first-order chi connectivity index (χ1) is 6.79. The maximum atomic E-state index is 5.61. The van der Waals surface area contributed by atoms with E-state index in [0.717, 1.165) is 24.9 Å². The van der Waals surface area contributed by atoms with Crippen molar-refractivity contribution in [3.63, 3.8) is 0 Å². The number of hydrogen-bond donors (Lipinski definition) is 1. The van der Waals surface area contributed by atoms with Gasteiger partial charge in [-0.05, 0) is 37.0 Å². The fraction of sp³-hybridized carbons (Fsp3) is 0.500. The molecule has 1 aromatic rings. The largest absolute Gasteiger partial charge is 0.399 e. The monoisotopic (exact) mass is 191 g/mol. The van der Waals surface area contributed by atoms with Gasteiger partial charge >= 0.3 is 0 Å². The molecule has 2 unspecified atom stereocenters. The lowest BCUT2D eigenvalue weighted by molar-refractivity contribution is 0.360. The van der Waals surface area contributed by atoms with Crippen LogP contribution < -0.4 is 5.73 Å². The average Bonchev–Trinajstić information content (AvgIpc) is 2.96. The molecule has 14 heavy (non-hydrogen) atoms. The summed E-state index contributed by atoms with van der Waals surface area (Å²) in [5.74, 6) is 0. The quantitative estimate of drug-likeness (QED) is 0.586. The molecule has 1 aliphatic rings. The van der Waals surface area contributed by atoms with Crippen LogP contribution in [0.1, 0.15) is 25.3 Å². The Balaban J connectivity index is 1.78. The maximum absolute atomic E-state index is 5.61. The predicted molar refractivity (Wildman–Crippen MR) is 58.1 cm³/mol. The Hall–Kier alpha value is -1.02. The Morgan fingerprint density at radius 1 is 1.21 bits per heavy atom. The highest BCUT2D eigenvalue weighted by Crippen LogP contribution is 2.29. The van der Waals surface area contributed by atoms with Crippen LogP contribution in [-0.2, 0) is 11.2 Å². The minimum atomic E-state index is 0.512. The number of epoxide rings is 1. The van der Waals surface area contributed by atoms with Crippen LogP contribution in [0.2, 0.25) is 0 Å². The lowest BCUT2D eigenvalue weighted by atomic mass is 10.1. The molecule has 1 aliphatic heterocycles. The highest BCUT2D eigenvalue weighted by atomic mass is 16.6. The molecule has 0 spiro atoms. The van der Waals surface area contributed by atoms with Crippen LogP contribution in [0.4, 0.5) is 5.69 Å². The van der Waals surface area contributed by atoms with Gasteiger partial charge in [0.05, 0.1) is 12.2 Å². The summed E-state index contributed by atoms with van der Waals surface area (Å²) in [7, 11) is 0. The molecule has 76 valence electrons.